The van der Waals surface area contributed by atoms with Crippen molar-refractivity contribution in [2.45, 2.75) is 65.5 Å². The minimum absolute atomic E-state index is 0.234. The molecule has 1 fully saturated rings. The summed E-state index contributed by atoms with van der Waals surface area (Å²) < 4.78 is 0. The normalized spacial score (nSPS) is 30.2. The van der Waals surface area contributed by atoms with Crippen LogP contribution >= 0.6 is 0 Å². The number of nitrogens with one attached hydrogen (secondary N) is 1. The fourth-order valence-electron chi connectivity index (χ4n) is 2.79. The molecule has 0 aromatic rings. The van der Waals surface area contributed by atoms with Crippen LogP contribution in [0.5, 0.6) is 0 Å². The highest BCUT2D eigenvalue weighted by molar-refractivity contribution is 4.89. The van der Waals surface area contributed by atoms with E-state index in [9.17, 15) is 0 Å². The number of aliphatic hydroxyl groups is 1. The summed E-state index contributed by atoms with van der Waals surface area (Å²) in [5.41, 5.74) is 0.382. The van der Waals surface area contributed by atoms with Gasteiger partial charge in [-0.25, -0.2) is 0 Å². The van der Waals surface area contributed by atoms with Gasteiger partial charge in [0.25, 0.3) is 0 Å². The smallest absolute Gasteiger partial charge is 0.0582 e. The molecule has 0 heterocycles. The minimum Gasteiger partial charge on any atom is -0.395 e. The molecule has 0 bridgehead atoms. The summed E-state index contributed by atoms with van der Waals surface area (Å²) in [6.07, 6.45) is 5.31. The van der Waals surface area contributed by atoms with Gasteiger partial charge < -0.3 is 10.4 Å². The van der Waals surface area contributed by atoms with Gasteiger partial charge in [-0.3, -0.25) is 0 Å². The SMILES string of the molecule is C[C@@H](CO)N[C@H]1CCCC[C@@H]1C(C)(C)C. The van der Waals surface area contributed by atoms with Crippen molar-refractivity contribution < 1.29 is 5.11 Å². The molecule has 0 aromatic heterocycles. The van der Waals surface area contributed by atoms with Gasteiger partial charge in [0.05, 0.1) is 6.61 Å². The highest BCUT2D eigenvalue weighted by Crippen LogP contribution is 2.38. The molecule has 1 aliphatic carbocycles. The Labute approximate surface area is 94.5 Å². The van der Waals surface area contributed by atoms with Crippen LogP contribution in [0.15, 0.2) is 0 Å². The van der Waals surface area contributed by atoms with Crippen molar-refractivity contribution in [3.63, 3.8) is 0 Å². The van der Waals surface area contributed by atoms with Crippen LogP contribution in [0.4, 0.5) is 0 Å². The molecule has 0 saturated heterocycles. The highest BCUT2D eigenvalue weighted by atomic mass is 16.3. The Balaban J connectivity index is 2.58. The lowest BCUT2D eigenvalue weighted by atomic mass is 9.69. The molecule has 90 valence electrons. The van der Waals surface area contributed by atoms with Crippen molar-refractivity contribution in [3.05, 3.63) is 0 Å². The zero-order chi connectivity index (χ0) is 11.5. The predicted octanol–water partition coefficient (Wildman–Crippen LogP) is 2.56. The molecule has 0 unspecified atom stereocenters. The molecule has 0 spiro atoms. The average Bonchev–Trinajstić information content (AvgIpc) is 2.17. The Bertz CT molecular complexity index is 185. The molecule has 2 nitrogen and oxygen atoms in total. The van der Waals surface area contributed by atoms with Crippen LogP contribution in [0.25, 0.3) is 0 Å². The van der Waals surface area contributed by atoms with Crippen LogP contribution in [-0.4, -0.2) is 23.8 Å². The summed E-state index contributed by atoms with van der Waals surface area (Å²) in [7, 11) is 0. The van der Waals surface area contributed by atoms with Crippen molar-refractivity contribution in [1.82, 2.24) is 5.32 Å². The van der Waals surface area contributed by atoms with Gasteiger partial charge in [0.1, 0.15) is 0 Å². The largest absolute Gasteiger partial charge is 0.395 e. The monoisotopic (exact) mass is 213 g/mol. The first-order chi connectivity index (χ1) is 6.95. The molecule has 3 atom stereocenters. The van der Waals surface area contributed by atoms with Crippen molar-refractivity contribution in [2.24, 2.45) is 11.3 Å². The van der Waals surface area contributed by atoms with Crippen molar-refractivity contribution in [2.75, 3.05) is 6.61 Å². The standard InChI is InChI=1S/C13H27NO/c1-10(9-15)14-12-8-6-5-7-11(12)13(2,3)4/h10-12,14-15H,5-9H2,1-4H3/t10-,11-,12-/m0/s1. The molecule has 1 rings (SSSR count). The van der Waals surface area contributed by atoms with E-state index in [-0.39, 0.29) is 12.6 Å². The Morgan fingerprint density at radius 3 is 2.40 bits per heavy atom. The first-order valence-corrected chi connectivity index (χ1v) is 6.32. The highest BCUT2D eigenvalue weighted by Gasteiger charge is 2.34. The Kier molecular flexibility index (Phi) is 4.60. The molecule has 2 heteroatoms. The van der Waals surface area contributed by atoms with Gasteiger partial charge in [0, 0.05) is 12.1 Å². The summed E-state index contributed by atoms with van der Waals surface area (Å²) in [4.78, 5) is 0. The van der Waals surface area contributed by atoms with Crippen LogP contribution in [0, 0.1) is 11.3 Å². The van der Waals surface area contributed by atoms with E-state index in [1.54, 1.807) is 0 Å². The van der Waals surface area contributed by atoms with Gasteiger partial charge in [-0.15, -0.1) is 0 Å². The van der Waals surface area contributed by atoms with Gasteiger partial charge in [-0.2, -0.15) is 0 Å². The molecule has 1 aliphatic rings. The minimum atomic E-state index is 0.234. The lowest BCUT2D eigenvalue weighted by Gasteiger charge is -2.42. The van der Waals surface area contributed by atoms with Crippen LogP contribution in [0.1, 0.15) is 53.4 Å². The van der Waals surface area contributed by atoms with Crippen molar-refractivity contribution in [3.8, 4) is 0 Å². The summed E-state index contributed by atoms with van der Waals surface area (Å²) in [5, 5.41) is 12.7. The van der Waals surface area contributed by atoms with Crippen LogP contribution in [0.3, 0.4) is 0 Å². The fourth-order valence-corrected chi connectivity index (χ4v) is 2.79. The zero-order valence-electron chi connectivity index (χ0n) is 10.7. The van der Waals surface area contributed by atoms with Crippen molar-refractivity contribution in [1.29, 1.82) is 0 Å². The summed E-state index contributed by atoms with van der Waals surface area (Å²) in [6.45, 7) is 9.31. The molecule has 2 N–H and O–H groups in total. The van der Waals surface area contributed by atoms with Gasteiger partial charge >= 0.3 is 0 Å². The number of rotatable bonds is 3. The second-order valence-electron chi connectivity index (χ2n) is 6.11. The van der Waals surface area contributed by atoms with E-state index in [0.29, 0.717) is 11.5 Å². The quantitative estimate of drug-likeness (QED) is 0.755. The van der Waals surface area contributed by atoms with Crippen LogP contribution in [0.2, 0.25) is 0 Å². The van der Waals surface area contributed by atoms with E-state index in [0.717, 1.165) is 5.92 Å². The van der Waals surface area contributed by atoms with E-state index in [2.05, 4.69) is 33.0 Å². The fraction of sp³-hybridized carbons (Fsp3) is 1.00. The Hall–Kier alpha value is -0.0800. The topological polar surface area (TPSA) is 32.3 Å². The van der Waals surface area contributed by atoms with Gasteiger partial charge in [0.2, 0.25) is 0 Å². The number of aliphatic hydroxyl groups excluding tert-OH is 1. The molecule has 0 aromatic carbocycles. The summed E-state index contributed by atoms with van der Waals surface area (Å²) in [6, 6.07) is 0.832. The second-order valence-corrected chi connectivity index (χ2v) is 6.11. The van der Waals surface area contributed by atoms with Gasteiger partial charge in [-0.1, -0.05) is 33.6 Å². The molecular formula is C13H27NO. The maximum absolute atomic E-state index is 9.09. The van der Waals surface area contributed by atoms with Gasteiger partial charge in [0.15, 0.2) is 0 Å². The molecule has 0 aliphatic heterocycles. The molecule has 15 heavy (non-hydrogen) atoms. The Morgan fingerprint density at radius 1 is 1.27 bits per heavy atom. The first-order valence-electron chi connectivity index (χ1n) is 6.32. The number of hydrogen-bond donors (Lipinski definition) is 2. The lowest BCUT2D eigenvalue weighted by Crippen LogP contribution is -2.48. The Morgan fingerprint density at radius 2 is 1.87 bits per heavy atom. The predicted molar refractivity (Wildman–Crippen MR) is 64.9 cm³/mol. The van der Waals surface area contributed by atoms with E-state index in [4.69, 9.17) is 5.11 Å². The molecule has 0 amide bonds. The van der Waals surface area contributed by atoms with E-state index in [1.807, 2.05) is 0 Å². The molecule has 1 saturated carbocycles. The summed E-state index contributed by atoms with van der Waals surface area (Å²) >= 11 is 0. The zero-order valence-corrected chi connectivity index (χ0v) is 10.7. The van der Waals surface area contributed by atoms with E-state index < -0.39 is 0 Å². The van der Waals surface area contributed by atoms with Crippen molar-refractivity contribution >= 4 is 0 Å². The van der Waals surface area contributed by atoms with Crippen LogP contribution in [-0.2, 0) is 0 Å². The third-order valence-electron chi connectivity index (χ3n) is 3.65. The first kappa shape index (κ1) is 13.0. The summed E-state index contributed by atoms with van der Waals surface area (Å²) in [5.74, 6) is 0.750. The maximum Gasteiger partial charge on any atom is 0.0582 e. The average molecular weight is 213 g/mol. The molecule has 0 radical (unpaired) electrons. The molecular weight excluding hydrogens is 186 g/mol. The van der Waals surface area contributed by atoms with E-state index in [1.165, 1.54) is 25.7 Å². The third kappa shape index (κ3) is 3.76. The van der Waals surface area contributed by atoms with Crippen LogP contribution < -0.4 is 5.32 Å². The van der Waals surface area contributed by atoms with Gasteiger partial charge in [-0.05, 0) is 31.1 Å². The maximum atomic E-state index is 9.09. The lowest BCUT2D eigenvalue weighted by molar-refractivity contribution is 0.114. The van der Waals surface area contributed by atoms with E-state index >= 15 is 0 Å². The number of hydrogen-bond acceptors (Lipinski definition) is 2. The second kappa shape index (κ2) is 5.31. The third-order valence-corrected chi connectivity index (χ3v) is 3.65.